The summed E-state index contributed by atoms with van der Waals surface area (Å²) in [4.78, 5) is 40.0. The number of urea groups is 1. The van der Waals surface area contributed by atoms with Crippen molar-refractivity contribution in [3.05, 3.63) is 29.3 Å². The van der Waals surface area contributed by atoms with E-state index in [1.54, 1.807) is 24.3 Å². The van der Waals surface area contributed by atoms with Gasteiger partial charge in [0.15, 0.2) is 0 Å². The Morgan fingerprint density at radius 3 is 2.62 bits per heavy atom. The Labute approximate surface area is 163 Å². The first-order valence-corrected chi connectivity index (χ1v) is 8.75. The number of hydrogen-bond acceptors (Lipinski definition) is 4. The Morgan fingerprint density at radius 2 is 1.96 bits per heavy atom. The highest BCUT2D eigenvalue weighted by atomic mass is 35.5. The van der Waals surface area contributed by atoms with Crippen LogP contribution in [0.15, 0.2) is 24.3 Å². The third-order valence-corrected chi connectivity index (χ3v) is 4.82. The number of hydrogen-bond donors (Lipinski definition) is 2. The predicted octanol–water partition coefficient (Wildman–Crippen LogP) is 1.79. The molecule has 3 rings (SSSR count). The second-order valence-corrected chi connectivity index (χ2v) is 6.77. The SMILES string of the molecule is C[C@H]1CNCCN1C(=O)CCC1NC(=O)N(c2ccc(Cl)cc2)C1=O.Cl. The van der Waals surface area contributed by atoms with E-state index in [2.05, 4.69) is 10.6 Å². The molecular formula is C17H22Cl2N4O3. The number of halogens is 2. The minimum Gasteiger partial charge on any atom is -0.337 e. The summed E-state index contributed by atoms with van der Waals surface area (Å²) >= 11 is 5.84. The van der Waals surface area contributed by atoms with Crippen LogP contribution in [0.2, 0.25) is 5.02 Å². The van der Waals surface area contributed by atoms with Crippen molar-refractivity contribution in [1.29, 1.82) is 0 Å². The van der Waals surface area contributed by atoms with Crippen LogP contribution in [0.1, 0.15) is 19.8 Å². The molecule has 2 heterocycles. The molecule has 26 heavy (non-hydrogen) atoms. The molecule has 2 aliphatic heterocycles. The van der Waals surface area contributed by atoms with Gasteiger partial charge >= 0.3 is 6.03 Å². The molecule has 2 aliphatic rings. The molecular weight excluding hydrogens is 379 g/mol. The third kappa shape index (κ3) is 4.28. The van der Waals surface area contributed by atoms with Gasteiger partial charge in [-0.3, -0.25) is 9.59 Å². The van der Waals surface area contributed by atoms with Gasteiger partial charge in [0.05, 0.1) is 5.69 Å². The van der Waals surface area contributed by atoms with E-state index in [9.17, 15) is 14.4 Å². The van der Waals surface area contributed by atoms with Gasteiger partial charge in [-0.2, -0.15) is 0 Å². The molecule has 7 nitrogen and oxygen atoms in total. The van der Waals surface area contributed by atoms with Crippen LogP contribution in [-0.4, -0.2) is 54.5 Å². The number of carbonyl (C=O) groups excluding carboxylic acids is 3. The van der Waals surface area contributed by atoms with Crippen molar-refractivity contribution in [2.45, 2.75) is 31.8 Å². The molecule has 0 bridgehead atoms. The number of imide groups is 1. The van der Waals surface area contributed by atoms with E-state index in [1.807, 2.05) is 11.8 Å². The number of nitrogens with one attached hydrogen (secondary N) is 2. The standard InChI is InChI=1S/C17H21ClN4O3.ClH/c1-11-10-19-8-9-21(11)15(23)7-6-14-16(24)22(17(25)20-14)13-4-2-12(18)3-5-13;/h2-5,11,14,19H,6-10H2,1H3,(H,20,25);1H/t11-,14?;/m0./s1. The monoisotopic (exact) mass is 400 g/mol. The maximum Gasteiger partial charge on any atom is 0.329 e. The summed E-state index contributed by atoms with van der Waals surface area (Å²) in [6.45, 7) is 4.21. The normalized spacial score (nSPS) is 22.8. The van der Waals surface area contributed by atoms with E-state index >= 15 is 0 Å². The fourth-order valence-electron chi connectivity index (χ4n) is 3.18. The van der Waals surface area contributed by atoms with Gasteiger partial charge in [-0.25, -0.2) is 9.69 Å². The van der Waals surface area contributed by atoms with Gasteiger partial charge in [-0.1, -0.05) is 11.6 Å². The molecule has 0 aliphatic carbocycles. The van der Waals surface area contributed by atoms with Crippen LogP contribution in [0.25, 0.3) is 0 Å². The van der Waals surface area contributed by atoms with Crippen molar-refractivity contribution >= 4 is 47.5 Å². The predicted molar refractivity (Wildman–Crippen MR) is 102 cm³/mol. The number of carbonyl (C=O) groups is 3. The first-order chi connectivity index (χ1) is 12.0. The van der Waals surface area contributed by atoms with Crippen molar-refractivity contribution < 1.29 is 14.4 Å². The maximum absolute atomic E-state index is 12.5. The summed E-state index contributed by atoms with van der Waals surface area (Å²) in [6.07, 6.45) is 0.527. The molecule has 0 spiro atoms. The van der Waals surface area contributed by atoms with Crippen LogP contribution in [0, 0.1) is 0 Å². The molecule has 142 valence electrons. The fraction of sp³-hybridized carbons (Fsp3) is 0.471. The number of amides is 4. The zero-order chi connectivity index (χ0) is 18.0. The quantitative estimate of drug-likeness (QED) is 0.754. The van der Waals surface area contributed by atoms with Crippen LogP contribution < -0.4 is 15.5 Å². The Hall–Kier alpha value is -1.83. The minimum atomic E-state index is -0.676. The smallest absolute Gasteiger partial charge is 0.329 e. The third-order valence-electron chi connectivity index (χ3n) is 4.57. The molecule has 1 unspecified atom stereocenters. The molecule has 9 heteroatoms. The summed E-state index contributed by atoms with van der Waals surface area (Å²) in [6, 6.07) is 5.48. The molecule has 0 aromatic heterocycles. The summed E-state index contributed by atoms with van der Waals surface area (Å²) < 4.78 is 0. The van der Waals surface area contributed by atoms with Crippen LogP contribution in [-0.2, 0) is 9.59 Å². The second-order valence-electron chi connectivity index (χ2n) is 6.33. The van der Waals surface area contributed by atoms with Gasteiger partial charge in [0.1, 0.15) is 6.04 Å². The van der Waals surface area contributed by atoms with Crippen molar-refractivity contribution in [2.24, 2.45) is 0 Å². The number of nitrogens with zero attached hydrogens (tertiary/aromatic N) is 2. The average Bonchev–Trinajstić information content (AvgIpc) is 2.88. The molecule has 4 amide bonds. The van der Waals surface area contributed by atoms with Gasteiger partial charge in [0.2, 0.25) is 5.91 Å². The van der Waals surface area contributed by atoms with E-state index in [0.29, 0.717) is 23.7 Å². The minimum absolute atomic E-state index is 0. The van der Waals surface area contributed by atoms with Gasteiger partial charge in [-0.05, 0) is 37.6 Å². The van der Waals surface area contributed by atoms with Crippen molar-refractivity contribution in [3.8, 4) is 0 Å². The Kier molecular flexibility index (Phi) is 6.86. The van der Waals surface area contributed by atoms with Gasteiger partial charge in [0, 0.05) is 37.1 Å². The Balaban J connectivity index is 0.00000243. The van der Waals surface area contributed by atoms with Crippen LogP contribution in [0.5, 0.6) is 0 Å². The van der Waals surface area contributed by atoms with Crippen molar-refractivity contribution in [1.82, 2.24) is 15.5 Å². The van der Waals surface area contributed by atoms with Gasteiger partial charge < -0.3 is 15.5 Å². The Morgan fingerprint density at radius 1 is 1.27 bits per heavy atom. The number of anilines is 1. The lowest BCUT2D eigenvalue weighted by Gasteiger charge is -2.34. The number of piperazine rings is 1. The maximum atomic E-state index is 12.5. The zero-order valence-corrected chi connectivity index (χ0v) is 16.0. The summed E-state index contributed by atoms with van der Waals surface area (Å²) in [5, 5.41) is 6.42. The summed E-state index contributed by atoms with van der Waals surface area (Å²) in [5.41, 5.74) is 0.469. The lowest BCUT2D eigenvalue weighted by atomic mass is 10.1. The highest BCUT2D eigenvalue weighted by molar-refractivity contribution is 6.30. The van der Waals surface area contributed by atoms with Crippen LogP contribution in [0.3, 0.4) is 0 Å². The second kappa shape index (κ2) is 8.70. The Bertz CT molecular complexity index is 683. The lowest BCUT2D eigenvalue weighted by molar-refractivity contribution is -0.134. The highest BCUT2D eigenvalue weighted by Crippen LogP contribution is 2.23. The van der Waals surface area contributed by atoms with E-state index in [-0.39, 0.29) is 36.7 Å². The van der Waals surface area contributed by atoms with E-state index in [0.717, 1.165) is 18.0 Å². The van der Waals surface area contributed by atoms with Gasteiger partial charge in [-0.15, -0.1) is 12.4 Å². The largest absolute Gasteiger partial charge is 0.337 e. The average molecular weight is 401 g/mol. The molecule has 2 atom stereocenters. The molecule has 1 aromatic rings. The fourth-order valence-corrected chi connectivity index (χ4v) is 3.31. The van der Waals surface area contributed by atoms with E-state index in [1.165, 1.54) is 0 Å². The number of benzene rings is 1. The molecule has 2 saturated heterocycles. The van der Waals surface area contributed by atoms with Gasteiger partial charge in [0.25, 0.3) is 5.91 Å². The first-order valence-electron chi connectivity index (χ1n) is 8.37. The molecule has 0 radical (unpaired) electrons. The van der Waals surface area contributed by atoms with Crippen LogP contribution in [0.4, 0.5) is 10.5 Å². The first kappa shape index (κ1) is 20.5. The summed E-state index contributed by atoms with van der Waals surface area (Å²) in [5.74, 6) is -0.325. The van der Waals surface area contributed by atoms with E-state index < -0.39 is 12.1 Å². The molecule has 2 fully saturated rings. The van der Waals surface area contributed by atoms with Crippen LogP contribution >= 0.6 is 24.0 Å². The molecule has 2 N–H and O–H groups in total. The topological polar surface area (TPSA) is 81.8 Å². The highest BCUT2D eigenvalue weighted by Gasteiger charge is 2.39. The zero-order valence-electron chi connectivity index (χ0n) is 14.4. The lowest BCUT2D eigenvalue weighted by Crippen LogP contribution is -2.52. The molecule has 0 saturated carbocycles. The van der Waals surface area contributed by atoms with Crippen molar-refractivity contribution in [2.75, 3.05) is 24.5 Å². The molecule has 1 aromatic carbocycles. The van der Waals surface area contributed by atoms with E-state index in [4.69, 9.17) is 11.6 Å². The summed E-state index contributed by atoms with van der Waals surface area (Å²) in [7, 11) is 0. The number of rotatable bonds is 4. The van der Waals surface area contributed by atoms with Crippen molar-refractivity contribution in [3.63, 3.8) is 0 Å².